The largest absolute Gasteiger partial charge is 1.00 e. The number of benzene rings is 3. The maximum Gasteiger partial charge on any atom is 0.249 e. The molecule has 0 amide bonds. The predicted octanol–water partition coefficient (Wildman–Crippen LogP) is 2.84. The van der Waals surface area contributed by atoms with Crippen molar-refractivity contribution in [3.63, 3.8) is 0 Å². The van der Waals surface area contributed by atoms with Crippen LogP contribution in [0, 0.1) is 27.7 Å². The second kappa shape index (κ2) is 9.19. The summed E-state index contributed by atoms with van der Waals surface area (Å²) in [5, 5.41) is 0. The van der Waals surface area contributed by atoms with Gasteiger partial charge in [0.05, 0.1) is 0 Å². The summed E-state index contributed by atoms with van der Waals surface area (Å²) in [6.45, 7) is 9.45. The Morgan fingerprint density at radius 2 is 1.43 bits per heavy atom. The maximum atomic E-state index is 6.24. The zero-order valence-corrected chi connectivity index (χ0v) is 18.6. The second-order valence-electron chi connectivity index (χ2n) is 7.71. The fourth-order valence-corrected chi connectivity index (χ4v) is 3.82. The van der Waals surface area contributed by atoms with Gasteiger partial charge in [-0.25, -0.2) is 4.57 Å². The molecule has 0 spiro atoms. The first-order valence-electron chi connectivity index (χ1n) is 9.98. The van der Waals surface area contributed by atoms with E-state index in [-0.39, 0.29) is 12.4 Å². The van der Waals surface area contributed by atoms with E-state index in [1.807, 2.05) is 36.4 Å². The molecule has 0 aliphatic carbocycles. The van der Waals surface area contributed by atoms with Gasteiger partial charge in [-0.1, -0.05) is 48.0 Å². The molecule has 0 aliphatic rings. The van der Waals surface area contributed by atoms with E-state index in [2.05, 4.69) is 79.8 Å². The number of hydrogen-bond acceptors (Lipinski definition) is 1. The number of halogens is 1. The van der Waals surface area contributed by atoms with E-state index in [4.69, 9.17) is 4.74 Å². The number of aryl methyl sites for hydroxylation is 4. The molecule has 3 nitrogen and oxygen atoms in total. The molecule has 1 heterocycles. The molecular formula is C26H27ClN2O. The number of ether oxygens (including phenoxy) is 1. The molecule has 0 fully saturated rings. The van der Waals surface area contributed by atoms with Crippen molar-refractivity contribution in [2.24, 2.45) is 0 Å². The lowest BCUT2D eigenvalue weighted by atomic mass is 10.00. The molecule has 0 saturated carbocycles. The number of para-hydroxylation sites is 3. The molecule has 0 aliphatic heterocycles. The normalized spacial score (nSPS) is 10.5. The summed E-state index contributed by atoms with van der Waals surface area (Å²) in [6.07, 6.45) is 6.32. The van der Waals surface area contributed by atoms with E-state index in [0.717, 1.165) is 29.3 Å². The van der Waals surface area contributed by atoms with Gasteiger partial charge in [-0.2, -0.15) is 4.57 Å². The monoisotopic (exact) mass is 418 g/mol. The molecule has 1 aromatic heterocycles. The van der Waals surface area contributed by atoms with Gasteiger partial charge in [-0.3, -0.25) is 0 Å². The minimum absolute atomic E-state index is 0. The topological polar surface area (TPSA) is 18.0 Å². The van der Waals surface area contributed by atoms with Gasteiger partial charge in [0.15, 0.2) is 11.4 Å². The lowest BCUT2D eigenvalue weighted by Gasteiger charge is -2.10. The highest BCUT2D eigenvalue weighted by atomic mass is 35.5. The van der Waals surface area contributed by atoms with Crippen LogP contribution < -0.4 is 21.7 Å². The Morgan fingerprint density at radius 3 is 2.13 bits per heavy atom. The lowest BCUT2D eigenvalue weighted by molar-refractivity contribution is -0.687. The minimum Gasteiger partial charge on any atom is -1.00 e. The molecule has 0 saturated heterocycles. The van der Waals surface area contributed by atoms with E-state index in [1.54, 1.807) is 0 Å². The van der Waals surface area contributed by atoms with Crippen LogP contribution >= 0.6 is 0 Å². The fourth-order valence-electron chi connectivity index (χ4n) is 3.82. The van der Waals surface area contributed by atoms with Gasteiger partial charge >= 0.3 is 0 Å². The molecule has 0 atom stereocenters. The lowest BCUT2D eigenvalue weighted by Crippen LogP contribution is -3.00. The molecule has 4 rings (SSSR count). The quantitative estimate of drug-likeness (QED) is 0.456. The molecule has 0 bridgehead atoms. The van der Waals surface area contributed by atoms with Gasteiger partial charge in [-0.05, 0) is 68.1 Å². The summed E-state index contributed by atoms with van der Waals surface area (Å²) < 4.78 is 10.6. The molecule has 0 unspecified atom stereocenters. The van der Waals surface area contributed by atoms with Crippen molar-refractivity contribution < 1.29 is 21.7 Å². The molecule has 4 heteroatoms. The summed E-state index contributed by atoms with van der Waals surface area (Å²) >= 11 is 0. The standard InChI is InChI=1S/C26H27N2O.ClH/c1-19-15-21(3)23(22(4)16-19)17-27-13-14-28(18-27)24-10-6-8-12-26(24)29-25-11-7-5-9-20(25)2;/h5-16,18H,17H2,1-4H3;1H/q+1;/p-1. The Morgan fingerprint density at radius 1 is 0.800 bits per heavy atom. The van der Waals surface area contributed by atoms with E-state index >= 15 is 0 Å². The summed E-state index contributed by atoms with van der Waals surface area (Å²) in [5.74, 6) is 1.72. The molecule has 0 radical (unpaired) electrons. The Labute approximate surface area is 185 Å². The number of rotatable bonds is 5. The Balaban J connectivity index is 0.00000256. The van der Waals surface area contributed by atoms with Gasteiger partial charge in [0, 0.05) is 0 Å². The van der Waals surface area contributed by atoms with Crippen LogP contribution in [0.15, 0.2) is 79.4 Å². The maximum absolute atomic E-state index is 6.24. The third kappa shape index (κ3) is 4.58. The summed E-state index contributed by atoms with van der Waals surface area (Å²) in [4.78, 5) is 0. The van der Waals surface area contributed by atoms with Crippen LogP contribution in [0.3, 0.4) is 0 Å². The SMILES string of the molecule is Cc1cc(C)c(C[n+]2ccn(-c3ccccc3Oc3ccccc3C)c2)c(C)c1.[Cl-]. The Bertz CT molecular complexity index is 1140. The van der Waals surface area contributed by atoms with Crippen LogP contribution in [0.4, 0.5) is 0 Å². The van der Waals surface area contributed by atoms with Crippen molar-refractivity contribution in [2.45, 2.75) is 34.2 Å². The average Bonchev–Trinajstić information content (AvgIpc) is 3.15. The van der Waals surface area contributed by atoms with Crippen LogP contribution in [-0.4, -0.2) is 4.57 Å². The highest BCUT2D eigenvalue weighted by Crippen LogP contribution is 2.29. The predicted molar refractivity (Wildman–Crippen MR) is 117 cm³/mol. The first-order chi connectivity index (χ1) is 14.0. The van der Waals surface area contributed by atoms with Crippen molar-refractivity contribution in [3.05, 3.63) is 107 Å². The van der Waals surface area contributed by atoms with Crippen LogP contribution in [0.25, 0.3) is 5.69 Å². The molecule has 0 N–H and O–H groups in total. The third-order valence-corrected chi connectivity index (χ3v) is 5.33. The molecule has 3 aromatic carbocycles. The van der Waals surface area contributed by atoms with Crippen LogP contribution in [0.5, 0.6) is 11.5 Å². The first-order valence-corrected chi connectivity index (χ1v) is 9.98. The van der Waals surface area contributed by atoms with E-state index in [9.17, 15) is 0 Å². The van der Waals surface area contributed by atoms with Crippen molar-refractivity contribution in [2.75, 3.05) is 0 Å². The smallest absolute Gasteiger partial charge is 0.249 e. The van der Waals surface area contributed by atoms with E-state index < -0.39 is 0 Å². The summed E-state index contributed by atoms with van der Waals surface area (Å²) in [5.41, 5.74) is 7.51. The van der Waals surface area contributed by atoms with Crippen molar-refractivity contribution in [1.82, 2.24) is 4.57 Å². The van der Waals surface area contributed by atoms with E-state index in [1.165, 1.54) is 22.3 Å². The molecular weight excluding hydrogens is 392 g/mol. The fraction of sp³-hybridized carbons (Fsp3) is 0.192. The number of hydrogen-bond donors (Lipinski definition) is 0. The molecule has 30 heavy (non-hydrogen) atoms. The minimum atomic E-state index is 0. The van der Waals surface area contributed by atoms with Crippen molar-refractivity contribution in [3.8, 4) is 17.2 Å². The highest BCUT2D eigenvalue weighted by Gasteiger charge is 2.15. The average molecular weight is 419 g/mol. The Hall–Kier alpha value is -3.04. The van der Waals surface area contributed by atoms with Gasteiger partial charge < -0.3 is 17.1 Å². The van der Waals surface area contributed by atoms with Crippen molar-refractivity contribution >= 4 is 0 Å². The third-order valence-electron chi connectivity index (χ3n) is 5.33. The van der Waals surface area contributed by atoms with Gasteiger partial charge in [0.25, 0.3) is 0 Å². The van der Waals surface area contributed by atoms with Crippen molar-refractivity contribution in [1.29, 1.82) is 0 Å². The summed E-state index contributed by atoms with van der Waals surface area (Å²) in [7, 11) is 0. The van der Waals surface area contributed by atoms with E-state index in [0.29, 0.717) is 0 Å². The zero-order chi connectivity index (χ0) is 20.4. The second-order valence-corrected chi connectivity index (χ2v) is 7.71. The number of nitrogens with zero attached hydrogens (tertiary/aromatic N) is 2. The number of imidazole rings is 1. The van der Waals surface area contributed by atoms with Gasteiger partial charge in [0.1, 0.15) is 24.7 Å². The molecule has 154 valence electrons. The number of aromatic nitrogens is 2. The Kier molecular flexibility index (Phi) is 6.63. The van der Waals surface area contributed by atoms with Gasteiger partial charge in [-0.15, -0.1) is 0 Å². The van der Waals surface area contributed by atoms with Gasteiger partial charge in [0.2, 0.25) is 6.33 Å². The van der Waals surface area contributed by atoms with Crippen LogP contribution in [-0.2, 0) is 6.54 Å². The first kappa shape index (κ1) is 21.7. The molecule has 4 aromatic rings. The highest BCUT2D eigenvalue weighted by molar-refractivity contribution is 5.49. The van der Waals surface area contributed by atoms with Crippen LogP contribution in [0.2, 0.25) is 0 Å². The summed E-state index contributed by atoms with van der Waals surface area (Å²) in [6, 6.07) is 20.8. The van der Waals surface area contributed by atoms with Crippen LogP contribution in [0.1, 0.15) is 27.8 Å². The zero-order valence-electron chi connectivity index (χ0n) is 17.9.